The van der Waals surface area contributed by atoms with Crippen LogP contribution >= 0.6 is 0 Å². The number of carbonyl (C=O) groups is 1. The third-order valence-electron chi connectivity index (χ3n) is 1.42. The summed E-state index contributed by atoms with van der Waals surface area (Å²) in [6, 6.07) is 5.53. The zero-order valence-corrected chi connectivity index (χ0v) is 6.70. The highest BCUT2D eigenvalue weighted by molar-refractivity contribution is 5.90. The van der Waals surface area contributed by atoms with Gasteiger partial charge < -0.3 is 10.8 Å². The van der Waals surface area contributed by atoms with E-state index in [-0.39, 0.29) is 5.70 Å². The number of carboxylic acids is 1. The van der Waals surface area contributed by atoms with Crippen molar-refractivity contribution in [1.29, 1.82) is 0 Å². The molecular weight excluding hydrogens is 173 g/mol. The molecule has 0 aliphatic rings. The van der Waals surface area contributed by atoms with Crippen molar-refractivity contribution in [2.45, 2.75) is 0 Å². The maximum atomic E-state index is 12.6. The lowest BCUT2D eigenvalue weighted by Crippen LogP contribution is -2.09. The van der Waals surface area contributed by atoms with Gasteiger partial charge in [-0.05, 0) is 23.8 Å². The fourth-order valence-electron chi connectivity index (χ4n) is 0.838. The number of nitrogens with two attached hydrogens (primary N) is 1. The van der Waals surface area contributed by atoms with Gasteiger partial charge in [0.2, 0.25) is 0 Å². The van der Waals surface area contributed by atoms with Crippen LogP contribution in [0.4, 0.5) is 4.39 Å². The Bertz CT molecular complexity index is 360. The molecule has 0 fully saturated rings. The normalized spacial score (nSPS) is 11.3. The summed E-state index contributed by atoms with van der Waals surface area (Å²) in [5.74, 6) is -1.64. The van der Waals surface area contributed by atoms with Gasteiger partial charge in [0.05, 0.1) is 0 Å². The fourth-order valence-corrected chi connectivity index (χ4v) is 0.838. The first-order chi connectivity index (χ1) is 6.09. The topological polar surface area (TPSA) is 63.3 Å². The predicted octanol–water partition coefficient (Wildman–Crippen LogP) is 1.21. The number of aliphatic carboxylic acids is 1. The SMILES string of the molecule is N/C(=C/c1cccc(F)c1)C(=O)O. The first kappa shape index (κ1) is 9.25. The van der Waals surface area contributed by atoms with Gasteiger partial charge in [-0.15, -0.1) is 0 Å². The first-order valence-corrected chi connectivity index (χ1v) is 3.55. The van der Waals surface area contributed by atoms with Gasteiger partial charge in [-0.2, -0.15) is 0 Å². The molecule has 0 aliphatic carbocycles. The summed E-state index contributed by atoms with van der Waals surface area (Å²) in [5.41, 5.74) is 5.25. The standard InChI is InChI=1S/C9H8FNO2/c10-7-3-1-2-6(4-7)5-8(11)9(12)13/h1-5H,11H2,(H,12,13)/b8-5+. The van der Waals surface area contributed by atoms with E-state index in [0.29, 0.717) is 5.56 Å². The highest BCUT2D eigenvalue weighted by Crippen LogP contribution is 2.06. The molecule has 0 aromatic heterocycles. The lowest BCUT2D eigenvalue weighted by molar-refractivity contribution is -0.132. The van der Waals surface area contributed by atoms with Crippen LogP contribution in [0.1, 0.15) is 5.56 Å². The minimum atomic E-state index is -1.22. The summed E-state index contributed by atoms with van der Waals surface area (Å²) < 4.78 is 12.6. The van der Waals surface area contributed by atoms with Gasteiger partial charge in [0.15, 0.2) is 0 Å². The van der Waals surface area contributed by atoms with Crippen LogP contribution in [0.3, 0.4) is 0 Å². The molecule has 1 aromatic rings. The van der Waals surface area contributed by atoms with Crippen molar-refractivity contribution in [3.8, 4) is 0 Å². The highest BCUT2D eigenvalue weighted by Gasteiger charge is 2.00. The number of hydrogen-bond acceptors (Lipinski definition) is 2. The molecule has 0 bridgehead atoms. The quantitative estimate of drug-likeness (QED) is 0.674. The fraction of sp³-hybridized carbons (Fsp3) is 0. The minimum Gasteiger partial charge on any atom is -0.477 e. The lowest BCUT2D eigenvalue weighted by atomic mass is 10.2. The van der Waals surface area contributed by atoms with E-state index < -0.39 is 11.8 Å². The van der Waals surface area contributed by atoms with Crippen molar-refractivity contribution in [1.82, 2.24) is 0 Å². The third kappa shape index (κ3) is 2.59. The average molecular weight is 181 g/mol. The number of hydrogen-bond donors (Lipinski definition) is 2. The molecule has 1 aromatic carbocycles. The van der Waals surface area contributed by atoms with Gasteiger partial charge in [-0.25, -0.2) is 9.18 Å². The van der Waals surface area contributed by atoms with Crippen molar-refractivity contribution >= 4 is 12.0 Å². The van der Waals surface area contributed by atoms with Crippen LogP contribution in [-0.2, 0) is 4.79 Å². The Morgan fingerprint density at radius 3 is 2.77 bits per heavy atom. The highest BCUT2D eigenvalue weighted by atomic mass is 19.1. The first-order valence-electron chi connectivity index (χ1n) is 3.55. The van der Waals surface area contributed by atoms with Gasteiger partial charge in [-0.1, -0.05) is 12.1 Å². The van der Waals surface area contributed by atoms with E-state index in [1.54, 1.807) is 6.07 Å². The van der Waals surface area contributed by atoms with Crippen molar-refractivity contribution in [2.75, 3.05) is 0 Å². The van der Waals surface area contributed by atoms with Crippen LogP contribution in [0.2, 0.25) is 0 Å². The summed E-state index contributed by atoms with van der Waals surface area (Å²) >= 11 is 0. The summed E-state index contributed by atoms with van der Waals surface area (Å²) in [5, 5.41) is 8.43. The molecule has 0 saturated carbocycles. The number of rotatable bonds is 2. The summed E-state index contributed by atoms with van der Waals surface area (Å²) in [6.07, 6.45) is 1.20. The Kier molecular flexibility index (Phi) is 2.64. The Balaban J connectivity index is 2.97. The van der Waals surface area contributed by atoms with Crippen LogP contribution in [0.5, 0.6) is 0 Å². The van der Waals surface area contributed by atoms with E-state index in [0.717, 1.165) is 0 Å². The molecular formula is C9H8FNO2. The molecule has 68 valence electrons. The molecule has 1 rings (SSSR count). The molecule has 0 atom stereocenters. The second-order valence-electron chi connectivity index (χ2n) is 2.46. The molecule has 3 N–H and O–H groups in total. The zero-order chi connectivity index (χ0) is 9.84. The van der Waals surface area contributed by atoms with Gasteiger partial charge in [0, 0.05) is 0 Å². The summed E-state index contributed by atoms with van der Waals surface area (Å²) in [4.78, 5) is 10.3. The van der Waals surface area contributed by atoms with E-state index >= 15 is 0 Å². The lowest BCUT2D eigenvalue weighted by Gasteiger charge is -1.95. The largest absolute Gasteiger partial charge is 0.477 e. The Morgan fingerprint density at radius 2 is 2.23 bits per heavy atom. The molecule has 0 aliphatic heterocycles. The van der Waals surface area contributed by atoms with Gasteiger partial charge in [0.1, 0.15) is 11.5 Å². The van der Waals surface area contributed by atoms with Crippen molar-refractivity contribution in [2.24, 2.45) is 5.73 Å². The van der Waals surface area contributed by atoms with Crippen LogP contribution < -0.4 is 5.73 Å². The van der Waals surface area contributed by atoms with Crippen LogP contribution in [0, 0.1) is 5.82 Å². The average Bonchev–Trinajstić information content (AvgIpc) is 2.04. The maximum Gasteiger partial charge on any atom is 0.351 e. The van der Waals surface area contributed by atoms with Crippen LogP contribution in [-0.4, -0.2) is 11.1 Å². The predicted molar refractivity (Wildman–Crippen MR) is 46.2 cm³/mol. The van der Waals surface area contributed by atoms with Crippen molar-refractivity contribution in [3.05, 3.63) is 41.3 Å². The van der Waals surface area contributed by atoms with Crippen molar-refractivity contribution in [3.63, 3.8) is 0 Å². The summed E-state index contributed by atoms with van der Waals surface area (Å²) in [6.45, 7) is 0. The zero-order valence-electron chi connectivity index (χ0n) is 6.70. The van der Waals surface area contributed by atoms with Crippen LogP contribution in [0.25, 0.3) is 6.08 Å². The molecule has 0 amide bonds. The summed E-state index contributed by atoms with van der Waals surface area (Å²) in [7, 11) is 0. The molecule has 0 unspecified atom stereocenters. The van der Waals surface area contributed by atoms with E-state index in [9.17, 15) is 9.18 Å². The van der Waals surface area contributed by atoms with E-state index in [2.05, 4.69) is 0 Å². The second-order valence-corrected chi connectivity index (χ2v) is 2.46. The van der Waals surface area contributed by atoms with Crippen molar-refractivity contribution < 1.29 is 14.3 Å². The molecule has 0 saturated heterocycles. The monoisotopic (exact) mass is 181 g/mol. The minimum absolute atomic E-state index is 0.314. The Morgan fingerprint density at radius 1 is 1.54 bits per heavy atom. The van der Waals surface area contributed by atoms with Gasteiger partial charge in [-0.3, -0.25) is 0 Å². The number of halogens is 1. The molecule has 13 heavy (non-hydrogen) atoms. The molecule has 0 radical (unpaired) electrons. The second kappa shape index (κ2) is 3.71. The third-order valence-corrected chi connectivity index (χ3v) is 1.42. The van der Waals surface area contributed by atoms with E-state index in [4.69, 9.17) is 10.8 Å². The molecule has 0 heterocycles. The maximum absolute atomic E-state index is 12.6. The van der Waals surface area contributed by atoms with E-state index in [1.807, 2.05) is 0 Å². The van der Waals surface area contributed by atoms with Crippen LogP contribution in [0.15, 0.2) is 30.0 Å². The molecule has 0 spiro atoms. The Hall–Kier alpha value is -1.84. The number of benzene rings is 1. The number of carboxylic acid groups (broad SMARTS) is 1. The Labute approximate surface area is 74.3 Å². The van der Waals surface area contributed by atoms with Gasteiger partial charge >= 0.3 is 5.97 Å². The van der Waals surface area contributed by atoms with E-state index in [1.165, 1.54) is 24.3 Å². The molecule has 3 nitrogen and oxygen atoms in total. The smallest absolute Gasteiger partial charge is 0.351 e. The van der Waals surface area contributed by atoms with Gasteiger partial charge in [0.25, 0.3) is 0 Å². The molecule has 4 heteroatoms.